The molecule has 0 unspecified atom stereocenters. The predicted molar refractivity (Wildman–Crippen MR) is 95.7 cm³/mol. The van der Waals surface area contributed by atoms with Crippen LogP contribution in [-0.2, 0) is 17.6 Å². The van der Waals surface area contributed by atoms with Crippen molar-refractivity contribution in [2.45, 2.75) is 45.1 Å². The van der Waals surface area contributed by atoms with Gasteiger partial charge in [-0.15, -0.1) is 11.3 Å². The second kappa shape index (κ2) is 6.33. The first-order valence-electron chi connectivity index (χ1n) is 8.54. The van der Waals surface area contributed by atoms with Gasteiger partial charge in [-0.05, 0) is 50.3 Å². The van der Waals surface area contributed by atoms with Crippen molar-refractivity contribution in [2.24, 2.45) is 4.99 Å². The smallest absolute Gasteiger partial charge is 0.249 e. The van der Waals surface area contributed by atoms with Crippen molar-refractivity contribution in [1.29, 1.82) is 0 Å². The molecule has 1 aromatic heterocycles. The summed E-state index contributed by atoms with van der Waals surface area (Å²) in [5, 5.41) is 3.58. The molecule has 3 nitrogen and oxygen atoms in total. The van der Waals surface area contributed by atoms with Crippen LogP contribution in [0.4, 0.5) is 13.8 Å². The second-order valence-corrected chi connectivity index (χ2v) is 7.61. The molecular formula is C19H18F2N2OS. The summed E-state index contributed by atoms with van der Waals surface area (Å²) in [6, 6.07) is 3.11. The number of nitrogens with zero attached hydrogens (tertiary/aromatic N) is 1. The van der Waals surface area contributed by atoms with E-state index >= 15 is 0 Å². The summed E-state index contributed by atoms with van der Waals surface area (Å²) in [7, 11) is 0. The van der Waals surface area contributed by atoms with Gasteiger partial charge in [0.2, 0.25) is 5.91 Å². The van der Waals surface area contributed by atoms with Gasteiger partial charge >= 0.3 is 0 Å². The molecule has 4 rings (SSSR count). The van der Waals surface area contributed by atoms with Gasteiger partial charge < -0.3 is 5.32 Å². The number of halogens is 2. The first-order chi connectivity index (χ1) is 12.1. The third-order valence-corrected chi connectivity index (χ3v) is 6.00. The van der Waals surface area contributed by atoms with Gasteiger partial charge in [0.1, 0.15) is 22.7 Å². The molecule has 0 spiro atoms. The van der Waals surface area contributed by atoms with Crippen LogP contribution in [0, 0.1) is 11.6 Å². The summed E-state index contributed by atoms with van der Waals surface area (Å²) in [6.45, 7) is 1.64. The number of rotatable bonds is 1. The number of aryl methyl sites for hydroxylation is 1. The molecule has 1 aliphatic heterocycles. The molecule has 1 atom stereocenters. The van der Waals surface area contributed by atoms with Crippen LogP contribution in [0.1, 0.15) is 47.8 Å². The SMILES string of the molecule is C[C@@H]1N=C(c2c(F)cccc2F)c2c(sc3c2CCCCC3)NC1=O. The Balaban J connectivity index is 1.99. The third-order valence-electron chi connectivity index (χ3n) is 4.80. The van der Waals surface area contributed by atoms with E-state index in [1.807, 2.05) is 0 Å². The lowest BCUT2D eigenvalue weighted by atomic mass is 9.96. The van der Waals surface area contributed by atoms with Crippen molar-refractivity contribution < 1.29 is 13.6 Å². The van der Waals surface area contributed by atoms with Gasteiger partial charge in [-0.25, -0.2) is 8.78 Å². The highest BCUT2D eigenvalue weighted by Crippen LogP contribution is 2.40. The topological polar surface area (TPSA) is 41.5 Å². The van der Waals surface area contributed by atoms with Gasteiger partial charge in [-0.2, -0.15) is 0 Å². The molecule has 6 heteroatoms. The van der Waals surface area contributed by atoms with Gasteiger partial charge in [0, 0.05) is 10.4 Å². The molecule has 2 heterocycles. The highest BCUT2D eigenvalue weighted by atomic mass is 32.1. The molecule has 1 N–H and O–H groups in total. The van der Waals surface area contributed by atoms with Crippen molar-refractivity contribution in [2.75, 3.05) is 5.32 Å². The fraction of sp³-hybridized carbons (Fsp3) is 0.368. The van der Waals surface area contributed by atoms with E-state index in [4.69, 9.17) is 0 Å². The van der Waals surface area contributed by atoms with E-state index in [-0.39, 0.29) is 17.2 Å². The number of carbonyl (C=O) groups is 1. The summed E-state index contributed by atoms with van der Waals surface area (Å²) in [5.41, 5.74) is 1.92. The molecule has 2 aromatic rings. The Kier molecular flexibility index (Phi) is 4.15. The second-order valence-electron chi connectivity index (χ2n) is 6.51. The largest absolute Gasteiger partial charge is 0.315 e. The summed E-state index contributed by atoms with van der Waals surface area (Å²) in [4.78, 5) is 17.9. The van der Waals surface area contributed by atoms with Crippen LogP contribution in [-0.4, -0.2) is 17.7 Å². The van der Waals surface area contributed by atoms with E-state index < -0.39 is 17.7 Å². The molecule has 2 aliphatic rings. The fourth-order valence-electron chi connectivity index (χ4n) is 3.53. The fourth-order valence-corrected chi connectivity index (χ4v) is 4.82. The molecule has 1 aliphatic carbocycles. The summed E-state index contributed by atoms with van der Waals surface area (Å²) < 4.78 is 29.0. The van der Waals surface area contributed by atoms with Crippen LogP contribution in [0.2, 0.25) is 0 Å². The number of nitrogens with one attached hydrogen (secondary N) is 1. The average Bonchev–Trinajstić information content (AvgIpc) is 2.70. The minimum Gasteiger partial charge on any atom is -0.315 e. The van der Waals surface area contributed by atoms with Crippen molar-refractivity contribution in [1.82, 2.24) is 0 Å². The number of benzene rings is 1. The van der Waals surface area contributed by atoms with E-state index in [0.29, 0.717) is 10.6 Å². The van der Waals surface area contributed by atoms with Crippen LogP contribution in [0.5, 0.6) is 0 Å². The van der Waals surface area contributed by atoms with Gasteiger partial charge in [0.25, 0.3) is 0 Å². The lowest BCUT2D eigenvalue weighted by Gasteiger charge is -2.11. The molecular weight excluding hydrogens is 342 g/mol. The zero-order valence-electron chi connectivity index (χ0n) is 13.9. The standard InChI is InChI=1S/C19H18F2N2OS/c1-10-18(24)23-19-15(11-6-3-2-4-9-14(11)25-19)17(22-10)16-12(20)7-5-8-13(16)21/h5,7-8,10H,2-4,6,9H2,1H3,(H,23,24)/t10-/m0/s1. The van der Waals surface area contributed by atoms with Crippen LogP contribution in [0.25, 0.3) is 0 Å². The van der Waals surface area contributed by atoms with E-state index in [1.165, 1.54) is 34.4 Å². The maximum absolute atomic E-state index is 14.5. The van der Waals surface area contributed by atoms with Crippen molar-refractivity contribution in [3.8, 4) is 0 Å². The van der Waals surface area contributed by atoms with Crippen molar-refractivity contribution in [3.05, 3.63) is 51.4 Å². The minimum absolute atomic E-state index is 0.142. The first-order valence-corrected chi connectivity index (χ1v) is 9.36. The Morgan fingerprint density at radius 1 is 1.12 bits per heavy atom. The number of amides is 1. The lowest BCUT2D eigenvalue weighted by Crippen LogP contribution is -2.22. The molecule has 0 fully saturated rings. The number of fused-ring (bicyclic) bond motifs is 3. The van der Waals surface area contributed by atoms with Crippen LogP contribution in [0.3, 0.4) is 0 Å². The quantitative estimate of drug-likeness (QED) is 0.749. The molecule has 0 radical (unpaired) electrons. The Bertz CT molecular complexity index is 868. The normalized spacial score (nSPS) is 20.0. The minimum atomic E-state index is -0.699. The third kappa shape index (κ3) is 2.78. The highest BCUT2D eigenvalue weighted by Gasteiger charge is 2.31. The first kappa shape index (κ1) is 16.4. The Morgan fingerprint density at radius 3 is 2.60 bits per heavy atom. The molecule has 25 heavy (non-hydrogen) atoms. The van der Waals surface area contributed by atoms with Gasteiger partial charge in [-0.3, -0.25) is 9.79 Å². The molecule has 130 valence electrons. The molecule has 1 amide bonds. The zero-order chi connectivity index (χ0) is 17.6. The van der Waals surface area contributed by atoms with Gasteiger partial charge in [0.15, 0.2) is 0 Å². The number of carbonyl (C=O) groups excluding carboxylic acids is 1. The van der Waals surface area contributed by atoms with E-state index in [9.17, 15) is 13.6 Å². The molecule has 0 bridgehead atoms. The molecule has 0 saturated carbocycles. The Hall–Kier alpha value is -2.08. The number of anilines is 1. The van der Waals surface area contributed by atoms with E-state index in [0.717, 1.165) is 37.7 Å². The maximum Gasteiger partial charge on any atom is 0.249 e. The number of thiophene rings is 1. The summed E-state index contributed by atoms with van der Waals surface area (Å²) >= 11 is 1.52. The number of hydrogen-bond acceptors (Lipinski definition) is 3. The molecule has 0 saturated heterocycles. The maximum atomic E-state index is 14.5. The summed E-state index contributed by atoms with van der Waals surface area (Å²) in [5.74, 6) is -1.55. The zero-order valence-corrected chi connectivity index (χ0v) is 14.7. The number of hydrogen-bond donors (Lipinski definition) is 1. The van der Waals surface area contributed by atoms with Crippen molar-refractivity contribution >= 4 is 28.0 Å². The lowest BCUT2D eigenvalue weighted by molar-refractivity contribution is -0.116. The summed E-state index contributed by atoms with van der Waals surface area (Å²) in [6.07, 6.45) is 5.05. The average molecular weight is 360 g/mol. The number of aliphatic imine (C=N–C) groups is 1. The Morgan fingerprint density at radius 2 is 1.84 bits per heavy atom. The van der Waals surface area contributed by atoms with E-state index in [1.54, 1.807) is 6.92 Å². The van der Waals surface area contributed by atoms with Gasteiger partial charge in [0.05, 0.1) is 11.3 Å². The van der Waals surface area contributed by atoms with Gasteiger partial charge in [-0.1, -0.05) is 12.5 Å². The molecule has 1 aromatic carbocycles. The predicted octanol–water partition coefficient (Wildman–Crippen LogP) is 4.47. The van der Waals surface area contributed by atoms with Crippen LogP contribution < -0.4 is 5.32 Å². The van der Waals surface area contributed by atoms with Crippen molar-refractivity contribution in [3.63, 3.8) is 0 Å². The van der Waals surface area contributed by atoms with Crippen LogP contribution in [0.15, 0.2) is 23.2 Å². The van der Waals surface area contributed by atoms with Crippen LogP contribution >= 0.6 is 11.3 Å². The monoisotopic (exact) mass is 360 g/mol. The van der Waals surface area contributed by atoms with E-state index in [2.05, 4.69) is 10.3 Å². The Labute approximate surface area is 148 Å². The highest BCUT2D eigenvalue weighted by molar-refractivity contribution is 7.17.